The van der Waals surface area contributed by atoms with Crippen molar-refractivity contribution in [2.45, 2.75) is 20.5 Å². The fourth-order valence-corrected chi connectivity index (χ4v) is 2.15. The number of hydrogen-bond donors (Lipinski definition) is 1. The van der Waals surface area contributed by atoms with Crippen LogP contribution >= 0.6 is 23.2 Å². The Kier molecular flexibility index (Phi) is 4.23. The molecule has 0 aliphatic carbocycles. The summed E-state index contributed by atoms with van der Waals surface area (Å²) in [4.78, 5) is 0. The van der Waals surface area contributed by atoms with Gasteiger partial charge in [0.1, 0.15) is 12.4 Å². The van der Waals surface area contributed by atoms with Crippen LogP contribution in [0.2, 0.25) is 10.0 Å². The standard InChI is InChI=1S/C15H15Cl2NO/c1-9-5-13(6-10(2)15(9)17)19-8-11-7-12(16)3-4-14(11)18/h3-7H,8,18H2,1-2H3. The molecule has 0 radical (unpaired) electrons. The normalized spacial score (nSPS) is 10.5. The van der Waals surface area contributed by atoms with Crippen molar-refractivity contribution in [2.75, 3.05) is 5.73 Å². The molecule has 0 atom stereocenters. The first-order valence-electron chi connectivity index (χ1n) is 5.91. The summed E-state index contributed by atoms with van der Waals surface area (Å²) in [7, 11) is 0. The maximum Gasteiger partial charge on any atom is 0.120 e. The first-order chi connectivity index (χ1) is 8.97. The van der Waals surface area contributed by atoms with Gasteiger partial charge in [-0.15, -0.1) is 0 Å². The maximum absolute atomic E-state index is 6.12. The molecule has 0 fully saturated rings. The van der Waals surface area contributed by atoms with Crippen LogP contribution in [0.25, 0.3) is 0 Å². The first kappa shape index (κ1) is 14.0. The molecule has 2 N–H and O–H groups in total. The van der Waals surface area contributed by atoms with E-state index in [1.165, 1.54) is 0 Å². The number of rotatable bonds is 3. The average Bonchev–Trinajstić information content (AvgIpc) is 2.37. The predicted octanol–water partition coefficient (Wildman–Crippen LogP) is 4.77. The third kappa shape index (κ3) is 3.34. The number of hydrogen-bond acceptors (Lipinski definition) is 2. The zero-order valence-electron chi connectivity index (χ0n) is 10.8. The summed E-state index contributed by atoms with van der Waals surface area (Å²) in [6.07, 6.45) is 0. The zero-order chi connectivity index (χ0) is 14.0. The maximum atomic E-state index is 6.12. The Labute approximate surface area is 123 Å². The van der Waals surface area contributed by atoms with Crippen LogP contribution in [0.3, 0.4) is 0 Å². The third-order valence-corrected chi connectivity index (χ3v) is 3.74. The summed E-state index contributed by atoms with van der Waals surface area (Å²) in [6, 6.07) is 9.18. The van der Waals surface area contributed by atoms with E-state index in [1.54, 1.807) is 12.1 Å². The molecule has 0 heterocycles. The van der Waals surface area contributed by atoms with Crippen molar-refractivity contribution < 1.29 is 4.74 Å². The molecule has 0 spiro atoms. The molecule has 100 valence electrons. The number of benzene rings is 2. The second-order valence-corrected chi connectivity index (χ2v) is 5.32. The first-order valence-corrected chi connectivity index (χ1v) is 6.66. The molecule has 0 bridgehead atoms. The molecule has 2 aromatic carbocycles. The topological polar surface area (TPSA) is 35.2 Å². The van der Waals surface area contributed by atoms with Crippen LogP contribution in [-0.4, -0.2) is 0 Å². The van der Waals surface area contributed by atoms with Gasteiger partial charge >= 0.3 is 0 Å². The van der Waals surface area contributed by atoms with Gasteiger partial charge in [-0.2, -0.15) is 0 Å². The van der Waals surface area contributed by atoms with Crippen LogP contribution in [0.1, 0.15) is 16.7 Å². The van der Waals surface area contributed by atoms with Gasteiger partial charge in [0.15, 0.2) is 0 Å². The van der Waals surface area contributed by atoms with Crippen molar-refractivity contribution in [1.82, 2.24) is 0 Å². The molecule has 0 aromatic heterocycles. The number of nitrogens with two attached hydrogens (primary N) is 1. The van der Waals surface area contributed by atoms with E-state index in [2.05, 4.69) is 0 Å². The lowest BCUT2D eigenvalue weighted by Gasteiger charge is -2.11. The molecule has 2 rings (SSSR count). The molecule has 19 heavy (non-hydrogen) atoms. The van der Waals surface area contributed by atoms with Gasteiger partial charge in [0.2, 0.25) is 0 Å². The smallest absolute Gasteiger partial charge is 0.120 e. The molecule has 2 aromatic rings. The minimum absolute atomic E-state index is 0.382. The fourth-order valence-electron chi connectivity index (χ4n) is 1.85. The van der Waals surface area contributed by atoms with Gasteiger partial charge in [-0.05, 0) is 55.3 Å². The van der Waals surface area contributed by atoms with E-state index in [-0.39, 0.29) is 0 Å². The van der Waals surface area contributed by atoms with Crippen LogP contribution < -0.4 is 10.5 Å². The largest absolute Gasteiger partial charge is 0.489 e. The molecule has 0 amide bonds. The van der Waals surface area contributed by atoms with Crippen molar-refractivity contribution in [1.29, 1.82) is 0 Å². The summed E-state index contributed by atoms with van der Waals surface area (Å²) < 4.78 is 5.75. The molecule has 4 heteroatoms. The van der Waals surface area contributed by atoms with Gasteiger partial charge < -0.3 is 10.5 Å². The molecule has 2 nitrogen and oxygen atoms in total. The molecule has 0 saturated heterocycles. The highest BCUT2D eigenvalue weighted by atomic mass is 35.5. The van der Waals surface area contributed by atoms with Crippen molar-refractivity contribution in [3.05, 3.63) is 57.1 Å². The molecule has 0 aliphatic heterocycles. The van der Waals surface area contributed by atoms with E-state index in [0.29, 0.717) is 17.3 Å². The summed E-state index contributed by atoms with van der Waals surface area (Å²) in [5.41, 5.74) is 9.42. The minimum Gasteiger partial charge on any atom is -0.489 e. The van der Waals surface area contributed by atoms with Crippen molar-refractivity contribution in [2.24, 2.45) is 0 Å². The third-order valence-electron chi connectivity index (χ3n) is 2.91. The average molecular weight is 296 g/mol. The lowest BCUT2D eigenvalue weighted by atomic mass is 10.1. The fraction of sp³-hybridized carbons (Fsp3) is 0.200. The van der Waals surface area contributed by atoms with Crippen molar-refractivity contribution >= 4 is 28.9 Å². The van der Waals surface area contributed by atoms with Crippen LogP contribution in [0.15, 0.2) is 30.3 Å². The summed E-state index contributed by atoms with van der Waals surface area (Å²) in [6.45, 7) is 4.29. The van der Waals surface area contributed by atoms with Crippen molar-refractivity contribution in [3.63, 3.8) is 0 Å². The second-order valence-electron chi connectivity index (χ2n) is 4.50. The molecule has 0 aliphatic rings. The van der Waals surface area contributed by atoms with Gasteiger partial charge in [-0.3, -0.25) is 0 Å². The molecular formula is C15H15Cl2NO. The lowest BCUT2D eigenvalue weighted by molar-refractivity contribution is 0.306. The van der Waals surface area contributed by atoms with E-state index in [1.807, 2.05) is 32.0 Å². The number of aryl methyl sites for hydroxylation is 2. The van der Waals surface area contributed by atoms with E-state index >= 15 is 0 Å². The molecule has 0 unspecified atom stereocenters. The Morgan fingerprint density at radius 1 is 1.05 bits per heavy atom. The van der Waals surface area contributed by atoms with Gasteiger partial charge in [-0.1, -0.05) is 23.2 Å². The van der Waals surface area contributed by atoms with Crippen LogP contribution in [0, 0.1) is 13.8 Å². The number of anilines is 1. The highest BCUT2D eigenvalue weighted by Crippen LogP contribution is 2.27. The van der Waals surface area contributed by atoms with E-state index < -0.39 is 0 Å². The van der Waals surface area contributed by atoms with Gasteiger partial charge in [0, 0.05) is 21.3 Å². The highest BCUT2D eigenvalue weighted by molar-refractivity contribution is 6.32. The Hall–Kier alpha value is -1.38. The van der Waals surface area contributed by atoms with Gasteiger partial charge in [0.25, 0.3) is 0 Å². The predicted molar refractivity (Wildman–Crippen MR) is 81.1 cm³/mol. The second kappa shape index (κ2) is 5.72. The van der Waals surface area contributed by atoms with E-state index in [9.17, 15) is 0 Å². The Balaban J connectivity index is 2.17. The zero-order valence-corrected chi connectivity index (χ0v) is 12.3. The van der Waals surface area contributed by atoms with E-state index in [0.717, 1.165) is 27.5 Å². The molecular weight excluding hydrogens is 281 g/mol. The quantitative estimate of drug-likeness (QED) is 0.828. The number of ether oxygens (including phenoxy) is 1. The monoisotopic (exact) mass is 295 g/mol. The van der Waals surface area contributed by atoms with Gasteiger partial charge in [0.05, 0.1) is 0 Å². The summed E-state index contributed by atoms with van der Waals surface area (Å²) in [5, 5.41) is 1.42. The Morgan fingerprint density at radius 2 is 1.68 bits per heavy atom. The number of halogens is 2. The van der Waals surface area contributed by atoms with E-state index in [4.69, 9.17) is 33.7 Å². The lowest BCUT2D eigenvalue weighted by Crippen LogP contribution is -2.00. The SMILES string of the molecule is Cc1cc(OCc2cc(Cl)ccc2N)cc(C)c1Cl. The Bertz CT molecular complexity index is 588. The van der Waals surface area contributed by atoms with Crippen LogP contribution in [0.5, 0.6) is 5.75 Å². The number of nitrogen functional groups attached to an aromatic ring is 1. The Morgan fingerprint density at radius 3 is 2.32 bits per heavy atom. The summed E-state index contributed by atoms with van der Waals surface area (Å²) in [5.74, 6) is 0.777. The highest BCUT2D eigenvalue weighted by Gasteiger charge is 2.05. The van der Waals surface area contributed by atoms with Crippen LogP contribution in [0.4, 0.5) is 5.69 Å². The molecule has 0 saturated carbocycles. The van der Waals surface area contributed by atoms with Crippen LogP contribution in [-0.2, 0) is 6.61 Å². The van der Waals surface area contributed by atoms with Gasteiger partial charge in [-0.25, -0.2) is 0 Å². The summed E-state index contributed by atoms with van der Waals surface area (Å²) >= 11 is 12.1. The minimum atomic E-state index is 0.382. The van der Waals surface area contributed by atoms with Crippen molar-refractivity contribution in [3.8, 4) is 5.75 Å².